The van der Waals surface area contributed by atoms with Crippen LogP contribution >= 0.6 is 0 Å². The number of likely N-dealkylation sites (N-methyl/N-ethyl adjacent to an activating group) is 1. The fourth-order valence-corrected chi connectivity index (χ4v) is 2.22. The van der Waals surface area contributed by atoms with Crippen molar-refractivity contribution in [2.45, 2.75) is 25.9 Å². The predicted molar refractivity (Wildman–Crippen MR) is 71.5 cm³/mol. The van der Waals surface area contributed by atoms with Crippen LogP contribution in [-0.4, -0.2) is 37.1 Å². The number of nitrogens with zero attached hydrogens (tertiary/aromatic N) is 1. The summed E-state index contributed by atoms with van der Waals surface area (Å²) in [6.45, 7) is 2.86. The number of carbonyl (C=O) groups is 1. The normalized spacial score (nSPS) is 18.6. The Morgan fingerprint density at radius 2 is 2.32 bits per heavy atom. The molecular weight excluding hydrogens is 247 g/mol. The van der Waals surface area contributed by atoms with Crippen molar-refractivity contribution < 1.29 is 13.9 Å². The van der Waals surface area contributed by atoms with Crippen LogP contribution in [0.2, 0.25) is 0 Å². The molecule has 2 rings (SSSR count). The highest BCUT2D eigenvalue weighted by Gasteiger charge is 2.21. The number of ether oxygens (including phenoxy) is 1. The zero-order valence-corrected chi connectivity index (χ0v) is 11.3. The first-order valence-electron chi connectivity index (χ1n) is 6.41. The summed E-state index contributed by atoms with van der Waals surface area (Å²) >= 11 is 0. The minimum atomic E-state index is -0.450. The minimum absolute atomic E-state index is 0.0848. The van der Waals surface area contributed by atoms with E-state index in [1.165, 1.54) is 12.1 Å². The van der Waals surface area contributed by atoms with Crippen LogP contribution in [-0.2, 0) is 4.74 Å². The largest absolute Gasteiger partial charge is 0.398 e. The van der Waals surface area contributed by atoms with E-state index in [0.29, 0.717) is 17.8 Å². The quantitative estimate of drug-likeness (QED) is 0.851. The van der Waals surface area contributed by atoms with E-state index in [1.807, 2.05) is 0 Å². The number of hydrogen-bond donors (Lipinski definition) is 1. The Labute approximate surface area is 112 Å². The number of amides is 1. The summed E-state index contributed by atoms with van der Waals surface area (Å²) in [6.07, 6.45) is 2.07. The van der Waals surface area contributed by atoms with E-state index in [4.69, 9.17) is 10.5 Å². The molecule has 2 N–H and O–H groups in total. The van der Waals surface area contributed by atoms with Gasteiger partial charge in [0.25, 0.3) is 5.91 Å². The van der Waals surface area contributed by atoms with Gasteiger partial charge in [0.05, 0.1) is 6.10 Å². The maximum Gasteiger partial charge on any atom is 0.253 e. The molecule has 4 nitrogen and oxygen atoms in total. The zero-order chi connectivity index (χ0) is 14.0. The molecule has 0 saturated carbocycles. The third kappa shape index (κ3) is 3.04. The van der Waals surface area contributed by atoms with E-state index in [-0.39, 0.29) is 17.6 Å². The molecule has 1 fully saturated rings. The molecule has 0 bridgehead atoms. The molecule has 0 aliphatic carbocycles. The molecule has 0 aromatic heterocycles. The molecule has 1 aliphatic rings. The van der Waals surface area contributed by atoms with Gasteiger partial charge in [-0.2, -0.15) is 0 Å². The molecule has 1 saturated heterocycles. The van der Waals surface area contributed by atoms with Crippen LogP contribution in [0.1, 0.15) is 28.8 Å². The zero-order valence-electron chi connectivity index (χ0n) is 11.3. The Balaban J connectivity index is 2.10. The van der Waals surface area contributed by atoms with Crippen LogP contribution in [0.15, 0.2) is 12.1 Å². The van der Waals surface area contributed by atoms with Gasteiger partial charge < -0.3 is 15.4 Å². The maximum absolute atomic E-state index is 13.6. The van der Waals surface area contributed by atoms with E-state index in [0.717, 1.165) is 19.4 Å². The van der Waals surface area contributed by atoms with Gasteiger partial charge >= 0.3 is 0 Å². The van der Waals surface area contributed by atoms with Crippen molar-refractivity contribution in [3.63, 3.8) is 0 Å². The lowest BCUT2D eigenvalue weighted by Gasteiger charge is -2.21. The Hall–Kier alpha value is -1.62. The highest BCUT2D eigenvalue weighted by atomic mass is 19.1. The fourth-order valence-electron chi connectivity index (χ4n) is 2.22. The van der Waals surface area contributed by atoms with E-state index >= 15 is 0 Å². The molecule has 5 heteroatoms. The number of nitrogens with two attached hydrogens (primary N) is 1. The Bertz CT molecular complexity index is 461. The molecular formula is C14H19FN2O2. The first-order valence-corrected chi connectivity index (χ1v) is 6.41. The van der Waals surface area contributed by atoms with Crippen LogP contribution in [0, 0.1) is 12.7 Å². The average Bonchev–Trinajstić information content (AvgIpc) is 2.87. The van der Waals surface area contributed by atoms with Gasteiger partial charge in [-0.15, -0.1) is 0 Å². The van der Waals surface area contributed by atoms with Crippen molar-refractivity contribution in [1.29, 1.82) is 0 Å². The number of hydrogen-bond acceptors (Lipinski definition) is 3. The van der Waals surface area contributed by atoms with Gasteiger partial charge in [-0.3, -0.25) is 4.79 Å². The van der Waals surface area contributed by atoms with Gasteiger partial charge in [-0.25, -0.2) is 4.39 Å². The van der Waals surface area contributed by atoms with Crippen molar-refractivity contribution in [2.24, 2.45) is 0 Å². The lowest BCUT2D eigenvalue weighted by molar-refractivity contribution is 0.0587. The molecule has 19 heavy (non-hydrogen) atoms. The van der Waals surface area contributed by atoms with E-state index in [2.05, 4.69) is 0 Å². The molecule has 0 radical (unpaired) electrons. The van der Waals surface area contributed by atoms with Crippen LogP contribution in [0.25, 0.3) is 0 Å². The molecule has 1 aromatic rings. The summed E-state index contributed by atoms with van der Waals surface area (Å²) in [4.78, 5) is 13.8. The van der Waals surface area contributed by atoms with E-state index in [1.54, 1.807) is 18.9 Å². The van der Waals surface area contributed by atoms with Crippen LogP contribution in [0.5, 0.6) is 0 Å². The predicted octanol–water partition coefficient (Wildman–Crippen LogP) is 1.97. The minimum Gasteiger partial charge on any atom is -0.398 e. The molecule has 1 aliphatic heterocycles. The van der Waals surface area contributed by atoms with Gasteiger partial charge in [0, 0.05) is 37.0 Å². The molecule has 1 aromatic carbocycles. The highest BCUT2D eigenvalue weighted by Crippen LogP contribution is 2.19. The summed E-state index contributed by atoms with van der Waals surface area (Å²) in [5, 5.41) is 0. The molecule has 1 amide bonds. The van der Waals surface area contributed by atoms with Crippen LogP contribution < -0.4 is 5.73 Å². The van der Waals surface area contributed by atoms with Crippen LogP contribution in [0.3, 0.4) is 0 Å². The third-order valence-electron chi connectivity index (χ3n) is 3.48. The Morgan fingerprint density at radius 1 is 1.58 bits per heavy atom. The topological polar surface area (TPSA) is 55.6 Å². The van der Waals surface area contributed by atoms with Gasteiger partial charge in [0.1, 0.15) is 5.82 Å². The third-order valence-corrected chi connectivity index (χ3v) is 3.48. The van der Waals surface area contributed by atoms with Gasteiger partial charge in [-0.1, -0.05) is 0 Å². The molecule has 1 atom stereocenters. The van der Waals surface area contributed by atoms with Crippen molar-refractivity contribution >= 4 is 11.6 Å². The summed E-state index contributed by atoms with van der Waals surface area (Å²) < 4.78 is 19.1. The van der Waals surface area contributed by atoms with Crippen molar-refractivity contribution in [3.8, 4) is 0 Å². The summed E-state index contributed by atoms with van der Waals surface area (Å²) in [5.74, 6) is -0.685. The SMILES string of the molecule is Cc1c(N)cc(C(=O)N(C)CC2CCCO2)cc1F. The second-order valence-corrected chi connectivity index (χ2v) is 4.99. The molecule has 104 valence electrons. The summed E-state index contributed by atoms with van der Waals surface area (Å²) in [7, 11) is 1.69. The Morgan fingerprint density at radius 3 is 2.89 bits per heavy atom. The second kappa shape index (κ2) is 5.57. The first kappa shape index (κ1) is 13.8. The molecule has 1 heterocycles. The Kier molecular flexibility index (Phi) is 4.04. The molecule has 1 unspecified atom stereocenters. The lowest BCUT2D eigenvalue weighted by Crippen LogP contribution is -2.34. The number of carbonyl (C=O) groups excluding carboxylic acids is 1. The monoisotopic (exact) mass is 266 g/mol. The van der Waals surface area contributed by atoms with E-state index in [9.17, 15) is 9.18 Å². The van der Waals surface area contributed by atoms with E-state index < -0.39 is 5.82 Å². The number of rotatable bonds is 3. The van der Waals surface area contributed by atoms with Crippen molar-refractivity contribution in [2.75, 3.05) is 25.9 Å². The average molecular weight is 266 g/mol. The second-order valence-electron chi connectivity index (χ2n) is 4.99. The number of halogens is 1. The van der Waals surface area contributed by atoms with Crippen LogP contribution in [0.4, 0.5) is 10.1 Å². The fraction of sp³-hybridized carbons (Fsp3) is 0.500. The van der Waals surface area contributed by atoms with Crippen molar-refractivity contribution in [3.05, 3.63) is 29.1 Å². The maximum atomic E-state index is 13.6. The highest BCUT2D eigenvalue weighted by molar-refractivity contribution is 5.95. The number of anilines is 1. The van der Waals surface area contributed by atoms with Crippen molar-refractivity contribution in [1.82, 2.24) is 4.90 Å². The number of benzene rings is 1. The van der Waals surface area contributed by atoms with Gasteiger partial charge in [0.15, 0.2) is 0 Å². The van der Waals surface area contributed by atoms with Gasteiger partial charge in [0.2, 0.25) is 0 Å². The summed E-state index contributed by atoms with van der Waals surface area (Å²) in [6, 6.07) is 2.76. The first-order chi connectivity index (χ1) is 8.99. The summed E-state index contributed by atoms with van der Waals surface area (Å²) in [5.41, 5.74) is 6.64. The smallest absolute Gasteiger partial charge is 0.253 e. The molecule has 0 spiro atoms. The van der Waals surface area contributed by atoms with Gasteiger partial charge in [-0.05, 0) is 31.9 Å². The number of nitrogen functional groups attached to an aromatic ring is 1. The standard InChI is InChI=1S/C14H19FN2O2/c1-9-12(15)6-10(7-13(9)16)14(18)17(2)8-11-4-3-5-19-11/h6-7,11H,3-5,8,16H2,1-2H3. The lowest BCUT2D eigenvalue weighted by atomic mass is 10.1.